The van der Waals surface area contributed by atoms with Gasteiger partial charge >= 0.3 is 0 Å². The molecule has 0 saturated carbocycles. The topological polar surface area (TPSA) is 84.6 Å². The average Bonchev–Trinajstić information content (AvgIpc) is 3.05. The minimum absolute atomic E-state index is 0.0350. The van der Waals surface area contributed by atoms with E-state index in [-0.39, 0.29) is 16.7 Å². The van der Waals surface area contributed by atoms with Gasteiger partial charge < -0.3 is 24.4 Å². The van der Waals surface area contributed by atoms with Gasteiger partial charge in [-0.15, -0.1) is 0 Å². The summed E-state index contributed by atoms with van der Waals surface area (Å²) in [5.41, 5.74) is 1.05. The van der Waals surface area contributed by atoms with E-state index in [1.807, 2.05) is 17.9 Å². The summed E-state index contributed by atoms with van der Waals surface area (Å²) in [4.78, 5) is 32.0. The molecule has 1 unspecified atom stereocenters. The predicted octanol–water partition coefficient (Wildman–Crippen LogP) is 5.26. The van der Waals surface area contributed by atoms with E-state index in [0.29, 0.717) is 92.8 Å². The lowest BCUT2D eigenvalue weighted by molar-refractivity contribution is -0.0883. The fraction of sp³-hybridized carbons (Fsp3) is 0.618. The van der Waals surface area contributed by atoms with Gasteiger partial charge in [-0.3, -0.25) is 9.59 Å². The molecule has 2 aromatic heterocycles. The second-order valence-electron chi connectivity index (χ2n) is 13.1. The van der Waals surface area contributed by atoms with Crippen LogP contribution >= 0.6 is 0 Å². The molecule has 244 valence electrons. The number of halogens is 2. The molecule has 45 heavy (non-hydrogen) atoms. The molecule has 3 aromatic rings. The number of morpholine rings is 1. The summed E-state index contributed by atoms with van der Waals surface area (Å²) < 4.78 is 40.4. The van der Waals surface area contributed by atoms with E-state index in [1.165, 1.54) is 10.7 Å². The fourth-order valence-corrected chi connectivity index (χ4v) is 7.30. The number of fused-ring (bicyclic) bond motifs is 9. The zero-order valence-electron chi connectivity index (χ0n) is 26.7. The summed E-state index contributed by atoms with van der Waals surface area (Å²) in [6.45, 7) is 8.12. The number of alkyl halides is 2. The third-order valence-corrected chi connectivity index (χ3v) is 10.2. The van der Waals surface area contributed by atoms with Crippen molar-refractivity contribution in [2.24, 2.45) is 13.0 Å². The zero-order valence-corrected chi connectivity index (χ0v) is 26.7. The molecule has 7 rings (SSSR count). The Morgan fingerprint density at radius 2 is 1.64 bits per heavy atom. The summed E-state index contributed by atoms with van der Waals surface area (Å²) in [5, 5.41) is 8.55. The van der Waals surface area contributed by atoms with Crippen molar-refractivity contribution in [2.45, 2.75) is 83.3 Å². The molecule has 4 aliphatic heterocycles. The second-order valence-corrected chi connectivity index (χ2v) is 13.1. The maximum atomic E-state index is 16.0. The highest BCUT2D eigenvalue weighted by Gasteiger charge is 2.43. The van der Waals surface area contributed by atoms with Gasteiger partial charge in [0.05, 0.1) is 24.6 Å². The first-order chi connectivity index (χ1) is 21.6. The SMILES string of the molecule is CC1CCCCCCn2c(=O)c(N3CCOCC3)cc3c(nn(C)c(=O)c32)N[C@H](C)c2cccc(c2)C(F)(F)C2CCN1CC2. The lowest BCUT2D eigenvalue weighted by Crippen LogP contribution is -2.43. The number of hydrogen-bond donors (Lipinski definition) is 1. The lowest BCUT2D eigenvalue weighted by Gasteiger charge is -2.39. The van der Waals surface area contributed by atoms with Crippen molar-refractivity contribution < 1.29 is 13.5 Å². The first-order valence-electron chi connectivity index (χ1n) is 16.6. The van der Waals surface area contributed by atoms with Crippen molar-refractivity contribution in [1.82, 2.24) is 19.2 Å². The number of rotatable bonds is 1. The second kappa shape index (κ2) is 13.2. The zero-order chi connectivity index (χ0) is 31.7. The molecule has 0 radical (unpaired) electrons. The Balaban J connectivity index is 1.44. The van der Waals surface area contributed by atoms with Crippen LogP contribution in [0.15, 0.2) is 39.9 Å². The highest BCUT2D eigenvalue weighted by atomic mass is 19.3. The van der Waals surface area contributed by atoms with Crippen LogP contribution in [-0.4, -0.2) is 64.7 Å². The van der Waals surface area contributed by atoms with Crippen LogP contribution < -0.4 is 21.3 Å². The van der Waals surface area contributed by atoms with Gasteiger partial charge in [0.15, 0.2) is 5.82 Å². The molecule has 0 aliphatic carbocycles. The number of pyridine rings is 1. The molecule has 11 heteroatoms. The highest BCUT2D eigenvalue weighted by molar-refractivity contribution is 5.91. The molecule has 9 nitrogen and oxygen atoms in total. The van der Waals surface area contributed by atoms with Crippen molar-refractivity contribution in [3.8, 4) is 0 Å². The van der Waals surface area contributed by atoms with Gasteiger partial charge in [0, 0.05) is 44.2 Å². The summed E-state index contributed by atoms with van der Waals surface area (Å²) in [7, 11) is 1.58. The Hall–Kier alpha value is -3.31. The summed E-state index contributed by atoms with van der Waals surface area (Å²) in [5.74, 6) is -3.19. The van der Waals surface area contributed by atoms with E-state index in [1.54, 1.807) is 29.8 Å². The molecule has 1 aromatic carbocycles. The normalized spacial score (nSPS) is 26.4. The van der Waals surface area contributed by atoms with Gasteiger partial charge in [0.2, 0.25) is 0 Å². The number of aromatic nitrogens is 3. The molecule has 2 atom stereocenters. The standard InChI is InChI=1S/C34H46F2N6O3/c1-23-9-6-4-5-7-14-42-30-28(22-29(32(42)43)41-17-19-45-20-18-41)31(38-39(3)33(30)44)37-24(2)25-10-8-11-27(21-25)34(35,36)26-12-15-40(23)16-13-26/h8,10-11,21-24,26H,4-7,9,12-20H2,1-3H3,(H,37,38)/t23?,24-/m1/s1. The minimum Gasteiger partial charge on any atom is -0.378 e. The third-order valence-electron chi connectivity index (χ3n) is 10.2. The molecule has 2 saturated heterocycles. The lowest BCUT2D eigenvalue weighted by atomic mass is 9.85. The summed E-state index contributed by atoms with van der Waals surface area (Å²) in [6, 6.07) is 8.41. The van der Waals surface area contributed by atoms with E-state index in [9.17, 15) is 9.59 Å². The van der Waals surface area contributed by atoms with Crippen molar-refractivity contribution in [3.63, 3.8) is 0 Å². The number of ether oxygens (including phenoxy) is 1. The van der Waals surface area contributed by atoms with Gasteiger partial charge in [0.25, 0.3) is 17.0 Å². The monoisotopic (exact) mass is 624 g/mol. The molecule has 1 N–H and O–H groups in total. The van der Waals surface area contributed by atoms with Crippen LogP contribution in [0.2, 0.25) is 0 Å². The fourth-order valence-electron chi connectivity index (χ4n) is 7.30. The van der Waals surface area contributed by atoms with Gasteiger partial charge in [-0.05, 0) is 70.3 Å². The third kappa shape index (κ3) is 6.38. The molecule has 6 heterocycles. The van der Waals surface area contributed by atoms with Crippen molar-refractivity contribution >= 4 is 22.4 Å². The largest absolute Gasteiger partial charge is 0.378 e. The number of anilines is 2. The van der Waals surface area contributed by atoms with Crippen molar-refractivity contribution in [2.75, 3.05) is 49.6 Å². The van der Waals surface area contributed by atoms with Gasteiger partial charge in [0.1, 0.15) is 11.2 Å². The number of piperidine rings is 1. The van der Waals surface area contributed by atoms with Crippen molar-refractivity contribution in [3.05, 3.63) is 62.2 Å². The Morgan fingerprint density at radius 1 is 0.911 bits per heavy atom. The number of aryl methyl sites for hydroxylation is 2. The van der Waals surface area contributed by atoms with E-state index in [4.69, 9.17) is 4.74 Å². The Labute approximate surface area is 263 Å². The highest BCUT2D eigenvalue weighted by Crippen LogP contribution is 2.42. The maximum absolute atomic E-state index is 16.0. The molecule has 0 spiro atoms. The predicted molar refractivity (Wildman–Crippen MR) is 173 cm³/mol. The van der Waals surface area contributed by atoms with Crippen molar-refractivity contribution in [1.29, 1.82) is 0 Å². The van der Waals surface area contributed by atoms with Gasteiger partial charge in [-0.2, -0.15) is 5.10 Å². The van der Waals surface area contributed by atoms with Crippen LogP contribution in [0.5, 0.6) is 0 Å². The van der Waals surface area contributed by atoms with Crippen LogP contribution in [0.25, 0.3) is 10.9 Å². The van der Waals surface area contributed by atoms with Crippen LogP contribution in [0.4, 0.5) is 20.3 Å². The molecule has 2 fully saturated rings. The maximum Gasteiger partial charge on any atom is 0.291 e. The Morgan fingerprint density at radius 3 is 2.40 bits per heavy atom. The van der Waals surface area contributed by atoms with E-state index in [2.05, 4.69) is 22.2 Å². The number of hydrogen-bond acceptors (Lipinski definition) is 7. The van der Waals surface area contributed by atoms with Crippen LogP contribution in [0, 0.1) is 5.92 Å². The van der Waals surface area contributed by atoms with Gasteiger partial charge in [-0.25, -0.2) is 13.5 Å². The first-order valence-corrected chi connectivity index (χ1v) is 16.6. The van der Waals surface area contributed by atoms with Crippen LogP contribution in [0.1, 0.15) is 76.0 Å². The van der Waals surface area contributed by atoms with E-state index in [0.717, 1.165) is 32.1 Å². The van der Waals surface area contributed by atoms with Crippen LogP contribution in [-0.2, 0) is 24.3 Å². The Bertz CT molecular complexity index is 1620. The number of nitrogens with one attached hydrogen (secondary N) is 1. The molecule has 0 amide bonds. The number of benzene rings is 1. The quantitative estimate of drug-likeness (QED) is 0.396. The summed E-state index contributed by atoms with van der Waals surface area (Å²) in [6.07, 6.45) is 5.71. The molecule has 8 bridgehead atoms. The number of nitrogens with zero attached hydrogens (tertiary/aromatic N) is 5. The van der Waals surface area contributed by atoms with Crippen LogP contribution in [0.3, 0.4) is 0 Å². The average molecular weight is 625 g/mol. The smallest absolute Gasteiger partial charge is 0.291 e. The molecule has 4 aliphatic rings. The summed E-state index contributed by atoms with van der Waals surface area (Å²) >= 11 is 0. The van der Waals surface area contributed by atoms with E-state index >= 15 is 8.78 Å². The minimum atomic E-state index is -2.94. The molecular weight excluding hydrogens is 578 g/mol. The first kappa shape index (κ1) is 31.7. The molecular formula is C34H46F2N6O3. The Kier molecular flexibility index (Phi) is 9.29. The van der Waals surface area contributed by atoms with Gasteiger partial charge in [-0.1, -0.05) is 37.5 Å². The van der Waals surface area contributed by atoms with E-state index < -0.39 is 17.9 Å².